The van der Waals surface area contributed by atoms with Gasteiger partial charge in [-0.05, 0) is 24.6 Å². The van der Waals surface area contributed by atoms with E-state index in [1.54, 1.807) is 41.4 Å². The van der Waals surface area contributed by atoms with E-state index < -0.39 is 31.1 Å². The van der Waals surface area contributed by atoms with Gasteiger partial charge in [0.2, 0.25) is 5.91 Å². The maximum Gasteiger partial charge on any atom is 0.390 e. The Bertz CT molecular complexity index is 886. The molecule has 0 aliphatic carbocycles. The first-order valence-corrected chi connectivity index (χ1v) is 9.61. The Morgan fingerprint density at radius 3 is 2.87 bits per heavy atom. The smallest absolute Gasteiger partial charge is 0.366 e. The van der Waals surface area contributed by atoms with Crippen LogP contribution in [-0.2, 0) is 4.79 Å². The van der Waals surface area contributed by atoms with Gasteiger partial charge in [-0.2, -0.15) is 13.2 Å². The minimum Gasteiger partial charge on any atom is -0.366 e. The van der Waals surface area contributed by atoms with Crippen LogP contribution in [0.15, 0.2) is 48.1 Å². The first-order chi connectivity index (χ1) is 14.3. The molecule has 3 aliphatic rings. The predicted molar refractivity (Wildman–Crippen MR) is 102 cm³/mol. The maximum absolute atomic E-state index is 13.0. The van der Waals surface area contributed by atoms with Crippen LogP contribution in [0, 0.1) is 0 Å². The molecule has 1 aromatic heterocycles. The van der Waals surface area contributed by atoms with Gasteiger partial charge in [0.1, 0.15) is 17.7 Å². The molecule has 1 aromatic rings. The summed E-state index contributed by atoms with van der Waals surface area (Å²) in [7, 11) is 0. The molecule has 0 saturated carbocycles. The Balaban J connectivity index is 1.48. The lowest BCUT2D eigenvalue weighted by atomic mass is 10.1. The van der Waals surface area contributed by atoms with Gasteiger partial charge in [-0.3, -0.25) is 15.0 Å². The standard InChI is InChI=1S/C19H21F3N6O2/c20-19(21,22)7-9-24-17(29)13-4-5-14-16(25-13)28(12-6-10-27(14)11-12)18(30)26-15-3-1-2-8-23-15/h1-5,8,12-13,25H,6-7,9-11H2,(H,24,29)(H,23,26,30)/t12-,13?/m0/s1. The quantitative estimate of drug-likeness (QED) is 0.688. The average molecular weight is 422 g/mol. The van der Waals surface area contributed by atoms with Gasteiger partial charge >= 0.3 is 12.2 Å². The molecule has 1 saturated heterocycles. The Morgan fingerprint density at radius 1 is 1.30 bits per heavy atom. The molecular formula is C19H21F3N6O2. The molecule has 0 spiro atoms. The van der Waals surface area contributed by atoms with Crippen LogP contribution in [0.5, 0.6) is 0 Å². The first-order valence-electron chi connectivity index (χ1n) is 9.61. The molecule has 2 bridgehead atoms. The van der Waals surface area contributed by atoms with Crippen LogP contribution in [0.3, 0.4) is 0 Å². The fourth-order valence-electron chi connectivity index (χ4n) is 3.80. The van der Waals surface area contributed by atoms with E-state index in [9.17, 15) is 22.8 Å². The van der Waals surface area contributed by atoms with Crippen LogP contribution in [0.25, 0.3) is 0 Å². The van der Waals surface area contributed by atoms with Crippen LogP contribution in [0.1, 0.15) is 12.8 Å². The highest BCUT2D eigenvalue weighted by Crippen LogP contribution is 2.33. The maximum atomic E-state index is 13.0. The fraction of sp³-hybridized carbons (Fsp3) is 0.421. The summed E-state index contributed by atoms with van der Waals surface area (Å²) < 4.78 is 37.0. The van der Waals surface area contributed by atoms with Crippen molar-refractivity contribution in [1.29, 1.82) is 0 Å². The van der Waals surface area contributed by atoms with Crippen LogP contribution in [-0.4, -0.2) is 64.6 Å². The molecule has 3 aliphatic heterocycles. The summed E-state index contributed by atoms with van der Waals surface area (Å²) in [5.74, 6) is 0.286. The number of carbonyl (C=O) groups excluding carboxylic acids is 2. The highest BCUT2D eigenvalue weighted by atomic mass is 19.4. The number of anilines is 1. The Labute approximate surface area is 170 Å². The average Bonchev–Trinajstić information content (AvgIpc) is 3.11. The van der Waals surface area contributed by atoms with Gasteiger partial charge in [0.05, 0.1) is 18.2 Å². The minimum absolute atomic E-state index is 0.0830. The second-order valence-corrected chi connectivity index (χ2v) is 7.27. The number of carbonyl (C=O) groups is 2. The molecule has 4 rings (SSSR count). The van der Waals surface area contributed by atoms with E-state index in [0.717, 1.165) is 18.7 Å². The highest BCUT2D eigenvalue weighted by Gasteiger charge is 2.42. The SMILES string of the molecule is O=C(NCCC(F)(F)F)C1C=CC2=C(N1)N(C(=O)Nc1ccccn1)[C@H]1CCN2C1. The van der Waals surface area contributed by atoms with Crippen molar-refractivity contribution >= 4 is 17.8 Å². The van der Waals surface area contributed by atoms with Gasteiger partial charge in [0.15, 0.2) is 0 Å². The van der Waals surface area contributed by atoms with E-state index in [0.29, 0.717) is 18.2 Å². The van der Waals surface area contributed by atoms with E-state index >= 15 is 0 Å². The number of halogens is 3. The number of nitrogens with one attached hydrogen (secondary N) is 3. The number of hydrogen-bond donors (Lipinski definition) is 3. The minimum atomic E-state index is -4.34. The molecule has 4 heterocycles. The van der Waals surface area contributed by atoms with E-state index in [1.807, 2.05) is 0 Å². The van der Waals surface area contributed by atoms with Crippen molar-refractivity contribution in [3.05, 3.63) is 48.1 Å². The molecule has 0 aromatic carbocycles. The third-order valence-electron chi connectivity index (χ3n) is 5.20. The van der Waals surface area contributed by atoms with Crippen LogP contribution < -0.4 is 16.0 Å². The van der Waals surface area contributed by atoms with Crippen molar-refractivity contribution in [1.82, 2.24) is 25.4 Å². The van der Waals surface area contributed by atoms with Gasteiger partial charge < -0.3 is 15.5 Å². The monoisotopic (exact) mass is 422 g/mol. The Kier molecular flexibility index (Phi) is 5.27. The number of urea groups is 1. The summed E-state index contributed by atoms with van der Waals surface area (Å²) in [4.78, 5) is 33.1. The van der Waals surface area contributed by atoms with Crippen LogP contribution >= 0.6 is 0 Å². The fourth-order valence-corrected chi connectivity index (χ4v) is 3.80. The van der Waals surface area contributed by atoms with Crippen LogP contribution in [0.2, 0.25) is 0 Å². The van der Waals surface area contributed by atoms with Crippen molar-refractivity contribution in [3.63, 3.8) is 0 Å². The largest absolute Gasteiger partial charge is 0.390 e. The number of aromatic nitrogens is 1. The molecule has 160 valence electrons. The summed E-state index contributed by atoms with van der Waals surface area (Å²) in [6.07, 6.45) is 0.224. The molecule has 8 nitrogen and oxygen atoms in total. The molecule has 0 radical (unpaired) electrons. The van der Waals surface area contributed by atoms with Gasteiger partial charge in [-0.25, -0.2) is 9.78 Å². The van der Waals surface area contributed by atoms with Crippen molar-refractivity contribution in [3.8, 4) is 0 Å². The second-order valence-electron chi connectivity index (χ2n) is 7.27. The van der Waals surface area contributed by atoms with Gasteiger partial charge in [-0.15, -0.1) is 0 Å². The number of nitrogens with zero attached hydrogens (tertiary/aromatic N) is 3. The molecular weight excluding hydrogens is 401 g/mol. The summed E-state index contributed by atoms with van der Waals surface area (Å²) in [6, 6.07) is 3.82. The number of dihydropyridines is 1. The van der Waals surface area contributed by atoms with Crippen molar-refractivity contribution in [2.45, 2.75) is 31.1 Å². The second kappa shape index (κ2) is 7.88. The summed E-state index contributed by atoms with van der Waals surface area (Å²) >= 11 is 0. The van der Waals surface area contributed by atoms with E-state index in [2.05, 4.69) is 25.8 Å². The predicted octanol–water partition coefficient (Wildman–Crippen LogP) is 1.77. The number of rotatable bonds is 4. The third-order valence-corrected chi connectivity index (χ3v) is 5.20. The molecule has 3 N–H and O–H groups in total. The Hall–Kier alpha value is -3.24. The Morgan fingerprint density at radius 2 is 2.13 bits per heavy atom. The number of fused-ring (bicyclic) bond motifs is 3. The lowest BCUT2D eigenvalue weighted by Crippen LogP contribution is -2.56. The van der Waals surface area contributed by atoms with Crippen molar-refractivity contribution in [2.75, 3.05) is 25.0 Å². The molecule has 30 heavy (non-hydrogen) atoms. The lowest BCUT2D eigenvalue weighted by Gasteiger charge is -2.40. The summed E-state index contributed by atoms with van der Waals surface area (Å²) in [5, 5.41) is 8.07. The number of allylic oxidation sites excluding steroid dienone is 1. The zero-order valence-electron chi connectivity index (χ0n) is 15.9. The van der Waals surface area contributed by atoms with Crippen molar-refractivity contribution in [2.24, 2.45) is 0 Å². The van der Waals surface area contributed by atoms with Gasteiger partial charge in [0.25, 0.3) is 0 Å². The zero-order valence-corrected chi connectivity index (χ0v) is 15.9. The van der Waals surface area contributed by atoms with Crippen LogP contribution in [0.4, 0.5) is 23.8 Å². The number of alkyl halides is 3. The molecule has 1 fully saturated rings. The lowest BCUT2D eigenvalue weighted by molar-refractivity contribution is -0.135. The molecule has 1 unspecified atom stereocenters. The van der Waals surface area contributed by atoms with E-state index in [1.165, 1.54) is 0 Å². The summed E-state index contributed by atoms with van der Waals surface area (Å²) in [5.41, 5.74) is 0.777. The van der Waals surface area contributed by atoms with Crippen molar-refractivity contribution < 1.29 is 22.8 Å². The van der Waals surface area contributed by atoms with E-state index in [4.69, 9.17) is 0 Å². The third kappa shape index (κ3) is 4.19. The molecule has 2 atom stereocenters. The normalized spacial score (nSPS) is 22.5. The highest BCUT2D eigenvalue weighted by molar-refractivity contribution is 5.91. The van der Waals surface area contributed by atoms with Gasteiger partial charge in [-0.1, -0.05) is 12.1 Å². The van der Waals surface area contributed by atoms with Gasteiger partial charge in [0, 0.05) is 25.8 Å². The molecule has 11 heteroatoms. The first kappa shape index (κ1) is 20.0. The molecule has 3 amide bonds. The number of pyridine rings is 1. The topological polar surface area (TPSA) is 89.6 Å². The summed E-state index contributed by atoms with van der Waals surface area (Å²) in [6.45, 7) is 0.938. The number of amides is 3. The zero-order chi connectivity index (χ0) is 21.3. The van der Waals surface area contributed by atoms with E-state index in [-0.39, 0.29) is 12.1 Å². The number of hydrogen-bond acceptors (Lipinski definition) is 5.